The molecule has 1 saturated carbocycles. The second-order valence-corrected chi connectivity index (χ2v) is 9.32. The fourth-order valence-corrected chi connectivity index (χ4v) is 5.01. The molecule has 1 aromatic carbocycles. The lowest BCUT2D eigenvalue weighted by atomic mass is 10.0. The summed E-state index contributed by atoms with van der Waals surface area (Å²) < 4.78 is 6.17. The average molecular weight is 442 g/mol. The summed E-state index contributed by atoms with van der Waals surface area (Å²) in [4.78, 5) is 31.0. The summed E-state index contributed by atoms with van der Waals surface area (Å²) in [6.45, 7) is 5.87. The first-order valence-electron chi connectivity index (χ1n) is 11.2. The number of nitrogens with zero attached hydrogens (tertiary/aromatic N) is 2. The normalized spacial score (nSPS) is 17.7. The SMILES string of the molecule is CCCNC(=O)N(CC(=O)N1CCc2sccc2C1COc1ccccc1C)C1CC1. The lowest BCUT2D eigenvalue weighted by Gasteiger charge is -2.37. The highest BCUT2D eigenvalue weighted by Crippen LogP contribution is 2.35. The maximum atomic E-state index is 13.4. The second kappa shape index (κ2) is 9.73. The number of nitrogens with one attached hydrogen (secondary N) is 1. The van der Waals surface area contributed by atoms with E-state index in [4.69, 9.17) is 4.74 Å². The van der Waals surface area contributed by atoms with Crippen LogP contribution in [0.25, 0.3) is 0 Å². The Morgan fingerprint density at radius 3 is 2.81 bits per heavy atom. The Hall–Kier alpha value is -2.54. The highest BCUT2D eigenvalue weighted by molar-refractivity contribution is 7.10. The van der Waals surface area contributed by atoms with Gasteiger partial charge in [-0.15, -0.1) is 11.3 Å². The topological polar surface area (TPSA) is 61.9 Å². The van der Waals surface area contributed by atoms with Crippen LogP contribution in [-0.4, -0.2) is 54.0 Å². The third-order valence-electron chi connectivity index (χ3n) is 5.99. The number of urea groups is 1. The van der Waals surface area contributed by atoms with Gasteiger partial charge in [0.2, 0.25) is 5.91 Å². The predicted molar refractivity (Wildman–Crippen MR) is 123 cm³/mol. The Morgan fingerprint density at radius 2 is 2.06 bits per heavy atom. The van der Waals surface area contributed by atoms with Crippen LogP contribution in [0.4, 0.5) is 4.79 Å². The molecule has 166 valence electrons. The van der Waals surface area contributed by atoms with Crippen LogP contribution in [0.15, 0.2) is 35.7 Å². The lowest BCUT2D eigenvalue weighted by Crippen LogP contribution is -2.50. The Kier molecular flexibility index (Phi) is 6.80. The van der Waals surface area contributed by atoms with E-state index in [2.05, 4.69) is 16.8 Å². The maximum Gasteiger partial charge on any atom is 0.318 e. The molecule has 3 amide bonds. The number of ether oxygens (including phenoxy) is 1. The smallest absolute Gasteiger partial charge is 0.318 e. The van der Waals surface area contributed by atoms with Gasteiger partial charge in [0.1, 0.15) is 18.9 Å². The Morgan fingerprint density at radius 1 is 1.26 bits per heavy atom. The van der Waals surface area contributed by atoms with Crippen LogP contribution in [0.1, 0.15) is 48.2 Å². The molecule has 1 N–H and O–H groups in total. The molecule has 1 aromatic heterocycles. The number of rotatable bonds is 8. The van der Waals surface area contributed by atoms with Crippen LogP contribution in [0.5, 0.6) is 5.75 Å². The zero-order valence-corrected chi connectivity index (χ0v) is 19.1. The van der Waals surface area contributed by atoms with E-state index < -0.39 is 0 Å². The number of hydrogen-bond acceptors (Lipinski definition) is 4. The minimum Gasteiger partial charge on any atom is -0.491 e. The van der Waals surface area contributed by atoms with Crippen molar-refractivity contribution in [1.82, 2.24) is 15.1 Å². The van der Waals surface area contributed by atoms with Gasteiger partial charge in [0.05, 0.1) is 6.04 Å². The van der Waals surface area contributed by atoms with Gasteiger partial charge < -0.3 is 19.9 Å². The molecule has 2 heterocycles. The van der Waals surface area contributed by atoms with Gasteiger partial charge >= 0.3 is 6.03 Å². The molecule has 2 aliphatic rings. The fraction of sp³-hybridized carbons (Fsp3) is 0.500. The molecule has 1 aliphatic heterocycles. The number of fused-ring (bicyclic) bond motifs is 1. The first-order chi connectivity index (χ1) is 15.1. The highest BCUT2D eigenvalue weighted by Gasteiger charge is 2.37. The van der Waals surface area contributed by atoms with Crippen molar-refractivity contribution in [3.63, 3.8) is 0 Å². The molecule has 4 rings (SSSR count). The first kappa shape index (κ1) is 21.7. The van der Waals surface area contributed by atoms with Crippen LogP contribution in [0, 0.1) is 6.92 Å². The van der Waals surface area contributed by atoms with Crippen LogP contribution >= 0.6 is 11.3 Å². The van der Waals surface area contributed by atoms with Gasteiger partial charge in [-0.3, -0.25) is 4.79 Å². The van der Waals surface area contributed by atoms with Crippen LogP contribution in [0.2, 0.25) is 0 Å². The number of carbonyl (C=O) groups is 2. The maximum absolute atomic E-state index is 13.4. The standard InChI is InChI=1S/C24H31N3O3S/c1-3-12-25-24(29)27(18-8-9-18)15-23(28)26-13-10-22-19(11-14-31-22)20(26)16-30-21-7-5-4-6-17(21)2/h4-7,11,14,18,20H,3,8-10,12-13,15-16H2,1-2H3,(H,25,29). The van der Waals surface area contributed by atoms with E-state index in [1.54, 1.807) is 16.2 Å². The van der Waals surface area contributed by atoms with Crippen molar-refractivity contribution >= 4 is 23.3 Å². The number of carbonyl (C=O) groups excluding carboxylic acids is 2. The molecular formula is C24H31N3O3S. The van der Waals surface area contributed by atoms with Crippen molar-refractivity contribution in [1.29, 1.82) is 0 Å². The predicted octanol–water partition coefficient (Wildman–Crippen LogP) is 4.15. The monoisotopic (exact) mass is 441 g/mol. The van der Waals surface area contributed by atoms with E-state index in [-0.39, 0.29) is 30.6 Å². The number of hydrogen-bond donors (Lipinski definition) is 1. The van der Waals surface area contributed by atoms with Gasteiger partial charge in [0.25, 0.3) is 0 Å². The lowest BCUT2D eigenvalue weighted by molar-refractivity contribution is -0.135. The van der Waals surface area contributed by atoms with Crippen molar-refractivity contribution in [2.75, 3.05) is 26.2 Å². The molecule has 0 radical (unpaired) electrons. The highest BCUT2D eigenvalue weighted by atomic mass is 32.1. The molecule has 0 saturated heterocycles. The van der Waals surface area contributed by atoms with E-state index in [1.807, 2.05) is 43.0 Å². The van der Waals surface area contributed by atoms with Crippen molar-refractivity contribution < 1.29 is 14.3 Å². The number of benzene rings is 1. The van der Waals surface area contributed by atoms with Gasteiger partial charge in [-0.1, -0.05) is 25.1 Å². The molecule has 7 heteroatoms. The summed E-state index contributed by atoms with van der Waals surface area (Å²) in [6, 6.07) is 9.97. The molecule has 1 aliphatic carbocycles. The molecule has 6 nitrogen and oxygen atoms in total. The number of thiophene rings is 1. The summed E-state index contributed by atoms with van der Waals surface area (Å²) in [5, 5.41) is 5.02. The zero-order chi connectivity index (χ0) is 21.8. The molecule has 0 spiro atoms. The molecule has 2 aromatic rings. The third kappa shape index (κ3) is 5.03. The zero-order valence-electron chi connectivity index (χ0n) is 18.3. The van der Waals surface area contributed by atoms with Crippen molar-refractivity contribution in [2.24, 2.45) is 0 Å². The van der Waals surface area contributed by atoms with Gasteiger partial charge in [-0.25, -0.2) is 4.79 Å². The van der Waals surface area contributed by atoms with E-state index in [0.717, 1.165) is 37.0 Å². The summed E-state index contributed by atoms with van der Waals surface area (Å²) in [5.74, 6) is 0.838. The van der Waals surface area contributed by atoms with Crippen molar-refractivity contribution in [3.8, 4) is 5.75 Å². The molecule has 1 fully saturated rings. The van der Waals surface area contributed by atoms with Gasteiger partial charge in [-0.05, 0) is 61.2 Å². The molecular weight excluding hydrogens is 410 g/mol. The van der Waals surface area contributed by atoms with Crippen LogP contribution < -0.4 is 10.1 Å². The van der Waals surface area contributed by atoms with Crippen LogP contribution in [-0.2, 0) is 11.2 Å². The third-order valence-corrected chi connectivity index (χ3v) is 6.98. The average Bonchev–Trinajstić information content (AvgIpc) is 3.50. The summed E-state index contributed by atoms with van der Waals surface area (Å²) in [6.07, 6.45) is 3.68. The summed E-state index contributed by atoms with van der Waals surface area (Å²) in [5.41, 5.74) is 2.25. The van der Waals surface area contributed by atoms with E-state index in [0.29, 0.717) is 19.7 Å². The fourth-order valence-electron chi connectivity index (χ4n) is 4.08. The molecule has 0 bridgehead atoms. The minimum atomic E-state index is -0.137. The number of aryl methyl sites for hydroxylation is 1. The number of para-hydroxylation sites is 1. The quantitative estimate of drug-likeness (QED) is 0.670. The van der Waals surface area contributed by atoms with Crippen molar-refractivity contribution in [2.45, 2.75) is 51.6 Å². The molecule has 1 unspecified atom stereocenters. The second-order valence-electron chi connectivity index (χ2n) is 8.32. The summed E-state index contributed by atoms with van der Waals surface area (Å²) >= 11 is 1.74. The molecule has 1 atom stereocenters. The van der Waals surface area contributed by atoms with E-state index >= 15 is 0 Å². The van der Waals surface area contributed by atoms with E-state index in [9.17, 15) is 9.59 Å². The summed E-state index contributed by atoms with van der Waals surface area (Å²) in [7, 11) is 0. The largest absolute Gasteiger partial charge is 0.491 e. The van der Waals surface area contributed by atoms with Gasteiger partial charge in [0, 0.05) is 24.0 Å². The minimum absolute atomic E-state index is 0.00576. The van der Waals surface area contributed by atoms with Gasteiger partial charge in [-0.2, -0.15) is 0 Å². The number of amides is 3. The Bertz CT molecular complexity index is 924. The van der Waals surface area contributed by atoms with Gasteiger partial charge in [0.15, 0.2) is 0 Å². The Labute approximate surface area is 188 Å². The van der Waals surface area contributed by atoms with Crippen molar-refractivity contribution in [3.05, 3.63) is 51.7 Å². The Balaban J connectivity index is 1.49. The molecule has 31 heavy (non-hydrogen) atoms. The van der Waals surface area contributed by atoms with Crippen LogP contribution in [0.3, 0.4) is 0 Å². The van der Waals surface area contributed by atoms with E-state index in [1.165, 1.54) is 10.4 Å². The first-order valence-corrected chi connectivity index (χ1v) is 12.0.